The second-order valence-corrected chi connectivity index (χ2v) is 10.2. The molecule has 1 saturated carbocycles. The summed E-state index contributed by atoms with van der Waals surface area (Å²) >= 11 is 0. The molecular formula is C29H30F4N6O2. The van der Waals surface area contributed by atoms with Crippen LogP contribution in [0.4, 0.5) is 17.6 Å². The van der Waals surface area contributed by atoms with E-state index in [9.17, 15) is 22.4 Å². The van der Waals surface area contributed by atoms with Gasteiger partial charge in [0.2, 0.25) is 5.62 Å². The van der Waals surface area contributed by atoms with Gasteiger partial charge in [-0.25, -0.2) is 4.39 Å². The molecule has 1 aliphatic rings. The van der Waals surface area contributed by atoms with Crippen molar-refractivity contribution in [1.82, 2.24) is 24.2 Å². The minimum absolute atomic E-state index is 0.0605. The maximum Gasteiger partial charge on any atom is 0.435 e. The van der Waals surface area contributed by atoms with Gasteiger partial charge >= 0.3 is 6.18 Å². The molecule has 8 nitrogen and oxygen atoms in total. The van der Waals surface area contributed by atoms with E-state index in [2.05, 4.69) is 10.4 Å². The molecule has 0 saturated heterocycles. The maximum atomic E-state index is 14.1. The van der Waals surface area contributed by atoms with Gasteiger partial charge in [-0.05, 0) is 72.7 Å². The van der Waals surface area contributed by atoms with Crippen molar-refractivity contribution in [3.05, 3.63) is 88.8 Å². The van der Waals surface area contributed by atoms with E-state index in [1.54, 1.807) is 59.8 Å². The average molecular weight is 571 g/mol. The number of aromatic nitrogens is 4. The summed E-state index contributed by atoms with van der Waals surface area (Å²) in [4.78, 5) is 13.7. The van der Waals surface area contributed by atoms with Gasteiger partial charge in [0.15, 0.2) is 17.3 Å². The molecule has 2 aromatic carbocycles. The molecule has 1 fully saturated rings. The number of carbonyl (C=O) groups excluding carboxylic acids is 1. The number of carbonyl (C=O) groups is 1. The molecular weight excluding hydrogens is 540 g/mol. The molecule has 0 bridgehead atoms. The molecule has 0 aliphatic heterocycles. The van der Waals surface area contributed by atoms with Gasteiger partial charge in [-0.15, -0.1) is 0 Å². The van der Waals surface area contributed by atoms with Gasteiger partial charge in [-0.3, -0.25) is 14.9 Å². The van der Waals surface area contributed by atoms with E-state index in [0.29, 0.717) is 11.1 Å². The summed E-state index contributed by atoms with van der Waals surface area (Å²) in [6, 6.07) is 8.64. The van der Waals surface area contributed by atoms with Gasteiger partial charge in [-0.1, -0.05) is 6.07 Å². The van der Waals surface area contributed by atoms with Crippen LogP contribution >= 0.6 is 0 Å². The van der Waals surface area contributed by atoms with Crippen LogP contribution in [0.15, 0.2) is 55.0 Å². The number of methoxy groups -OCH3 is 1. The van der Waals surface area contributed by atoms with E-state index >= 15 is 0 Å². The van der Waals surface area contributed by atoms with E-state index in [4.69, 9.17) is 10.1 Å². The monoisotopic (exact) mass is 570 g/mol. The molecule has 0 spiro atoms. The van der Waals surface area contributed by atoms with Gasteiger partial charge in [0.05, 0.1) is 19.7 Å². The summed E-state index contributed by atoms with van der Waals surface area (Å²) in [7, 11) is 3.08. The molecule has 0 radical (unpaired) electrons. The number of nitrogens with zero attached hydrogens (tertiary/aromatic N) is 4. The lowest BCUT2D eigenvalue weighted by Gasteiger charge is -2.20. The minimum atomic E-state index is -4.70. The molecule has 2 aromatic heterocycles. The zero-order valence-electron chi connectivity index (χ0n) is 22.8. The average Bonchev–Trinajstić information content (AvgIpc) is 3.61. The van der Waals surface area contributed by atoms with Crippen molar-refractivity contribution in [3.63, 3.8) is 0 Å². The number of amides is 1. The molecule has 5 rings (SSSR count). The fraction of sp³-hybridized carbons (Fsp3) is 0.345. The van der Waals surface area contributed by atoms with Crippen LogP contribution in [0.2, 0.25) is 0 Å². The number of nitrogens with one attached hydrogen (secondary N) is 2. The highest BCUT2D eigenvalue weighted by molar-refractivity contribution is 5.96. The van der Waals surface area contributed by atoms with E-state index < -0.39 is 29.6 Å². The van der Waals surface area contributed by atoms with Crippen LogP contribution in [0, 0.1) is 17.1 Å². The predicted molar refractivity (Wildman–Crippen MR) is 143 cm³/mol. The van der Waals surface area contributed by atoms with Crippen LogP contribution in [0.5, 0.6) is 5.75 Å². The lowest BCUT2D eigenvalue weighted by atomic mass is 9.98. The zero-order chi connectivity index (χ0) is 29.5. The van der Waals surface area contributed by atoms with Crippen LogP contribution in [0.3, 0.4) is 0 Å². The molecule has 12 heteroatoms. The van der Waals surface area contributed by atoms with E-state index in [0.717, 1.165) is 12.8 Å². The second-order valence-electron chi connectivity index (χ2n) is 10.2. The molecule has 41 heavy (non-hydrogen) atoms. The first kappa shape index (κ1) is 28.2. The topological polar surface area (TPSA) is 89.9 Å². The summed E-state index contributed by atoms with van der Waals surface area (Å²) in [5.41, 5.74) is 0.591. The van der Waals surface area contributed by atoms with Crippen molar-refractivity contribution in [2.45, 2.75) is 45.1 Å². The summed E-state index contributed by atoms with van der Waals surface area (Å²) in [5.74, 6) is -0.795. The number of aryl methyl sites for hydroxylation is 2. The number of hydrogen-bond acceptors (Lipinski definition) is 4. The molecule has 1 unspecified atom stereocenters. The van der Waals surface area contributed by atoms with Crippen LogP contribution in [0.1, 0.15) is 53.0 Å². The highest BCUT2D eigenvalue weighted by Crippen LogP contribution is 2.42. The third kappa shape index (κ3) is 5.91. The van der Waals surface area contributed by atoms with Gasteiger partial charge in [0.1, 0.15) is 0 Å². The van der Waals surface area contributed by atoms with Gasteiger partial charge in [-0.2, -0.15) is 18.3 Å². The molecule has 4 aromatic rings. The Morgan fingerprint density at radius 3 is 2.56 bits per heavy atom. The first-order valence-corrected chi connectivity index (χ1v) is 13.2. The van der Waals surface area contributed by atoms with Crippen molar-refractivity contribution < 1.29 is 27.1 Å². The summed E-state index contributed by atoms with van der Waals surface area (Å²) in [6.07, 6.45) is 1.76. The van der Waals surface area contributed by atoms with E-state index in [1.165, 1.54) is 30.1 Å². The van der Waals surface area contributed by atoms with E-state index in [-0.39, 0.29) is 47.1 Å². The Balaban J connectivity index is 1.56. The first-order chi connectivity index (χ1) is 19.5. The molecule has 1 aliphatic carbocycles. The molecule has 2 heterocycles. The number of imidazole rings is 1. The standard InChI is InChI=1S/C29H30F4N6O2/c1-4-39-16-22(26(36-39)29(31,32)33)20-11-17(15-38-10-9-37(2)28(38)34)12-21(13-20)27(40)35-25(18-5-6-18)19-7-8-23(30)24(14-19)41-3/h7-14,16,18,25,34H,4-6,15H2,1-3H3,(H,35,40). The van der Waals surface area contributed by atoms with Gasteiger partial charge < -0.3 is 19.2 Å². The molecule has 2 N–H and O–H groups in total. The number of rotatable bonds is 9. The number of ether oxygens (including phenoxy) is 1. The fourth-order valence-electron chi connectivity index (χ4n) is 4.92. The van der Waals surface area contributed by atoms with Crippen molar-refractivity contribution >= 4 is 5.91 Å². The van der Waals surface area contributed by atoms with Crippen molar-refractivity contribution in [2.75, 3.05) is 7.11 Å². The quantitative estimate of drug-likeness (QED) is 0.268. The summed E-state index contributed by atoms with van der Waals surface area (Å²) in [5, 5.41) is 15.0. The number of benzene rings is 2. The lowest BCUT2D eigenvalue weighted by molar-refractivity contribution is -0.141. The molecule has 1 atom stereocenters. The Morgan fingerprint density at radius 1 is 1.20 bits per heavy atom. The lowest BCUT2D eigenvalue weighted by Crippen LogP contribution is -2.30. The third-order valence-corrected chi connectivity index (χ3v) is 7.26. The highest BCUT2D eigenvalue weighted by atomic mass is 19.4. The minimum Gasteiger partial charge on any atom is -0.494 e. The van der Waals surface area contributed by atoms with Crippen LogP contribution in [0.25, 0.3) is 11.1 Å². The second kappa shape index (κ2) is 10.9. The number of halogens is 4. The maximum absolute atomic E-state index is 14.1. The smallest absolute Gasteiger partial charge is 0.435 e. The van der Waals surface area contributed by atoms with Crippen LogP contribution in [-0.4, -0.2) is 31.9 Å². The Kier molecular flexibility index (Phi) is 7.50. The van der Waals surface area contributed by atoms with Crippen molar-refractivity contribution in [3.8, 4) is 16.9 Å². The first-order valence-electron chi connectivity index (χ1n) is 13.2. The molecule has 216 valence electrons. The zero-order valence-corrected chi connectivity index (χ0v) is 22.8. The third-order valence-electron chi connectivity index (χ3n) is 7.26. The Labute approximate surface area is 233 Å². The number of hydrogen-bond donors (Lipinski definition) is 2. The fourth-order valence-corrected chi connectivity index (χ4v) is 4.92. The predicted octanol–water partition coefficient (Wildman–Crippen LogP) is 5.29. The van der Waals surface area contributed by atoms with E-state index in [1.807, 2.05) is 0 Å². The van der Waals surface area contributed by atoms with Crippen LogP contribution < -0.4 is 15.7 Å². The van der Waals surface area contributed by atoms with Gasteiger partial charge in [0.25, 0.3) is 5.91 Å². The summed E-state index contributed by atoms with van der Waals surface area (Å²) < 4.78 is 65.5. The summed E-state index contributed by atoms with van der Waals surface area (Å²) in [6.45, 7) is 2.09. The Morgan fingerprint density at radius 2 is 1.95 bits per heavy atom. The number of alkyl halides is 3. The Bertz CT molecular complexity index is 1650. The SMILES string of the molecule is CCn1cc(-c2cc(Cn3ccn(C)c3=N)cc(C(=O)NC(c3ccc(F)c(OC)c3)C3CC3)c2)c(C(F)(F)F)n1. The molecule has 1 amide bonds. The van der Waals surface area contributed by atoms with Crippen LogP contribution in [-0.2, 0) is 26.3 Å². The van der Waals surface area contributed by atoms with Gasteiger partial charge in [0, 0.05) is 43.3 Å². The largest absolute Gasteiger partial charge is 0.494 e. The Hall–Kier alpha value is -4.35. The van der Waals surface area contributed by atoms with Crippen molar-refractivity contribution in [1.29, 1.82) is 5.41 Å². The normalized spacial score (nSPS) is 14.2. The van der Waals surface area contributed by atoms with Crippen molar-refractivity contribution in [2.24, 2.45) is 13.0 Å². The highest BCUT2D eigenvalue weighted by Gasteiger charge is 2.38.